The molecule has 130 valence electrons. The maximum atomic E-state index is 4.65. The van der Waals surface area contributed by atoms with E-state index in [1.165, 1.54) is 0 Å². The van der Waals surface area contributed by atoms with E-state index in [-0.39, 0.29) is 6.04 Å². The molecule has 0 saturated heterocycles. The second kappa shape index (κ2) is 11.1. The van der Waals surface area contributed by atoms with Crippen LogP contribution in [0.2, 0.25) is 0 Å². The molecule has 1 aromatic rings. The molecular weight excluding hydrogens is 300 g/mol. The van der Waals surface area contributed by atoms with Crippen LogP contribution in [0, 0.1) is 0 Å². The van der Waals surface area contributed by atoms with Crippen molar-refractivity contribution >= 4 is 24.6 Å². The van der Waals surface area contributed by atoms with Crippen LogP contribution in [-0.4, -0.2) is 41.6 Å². The lowest BCUT2D eigenvalue weighted by atomic mass is 10.2. The van der Waals surface area contributed by atoms with E-state index in [4.69, 9.17) is 0 Å². The lowest BCUT2D eigenvalue weighted by molar-refractivity contribution is 0.727. The van der Waals surface area contributed by atoms with Gasteiger partial charge in [-0.2, -0.15) is 5.10 Å². The molecule has 0 aliphatic heterocycles. The Balaban J connectivity index is 2.63. The summed E-state index contributed by atoms with van der Waals surface area (Å²) in [5, 5.41) is 10.2. The lowest BCUT2D eigenvalue weighted by Crippen LogP contribution is -2.31. The van der Waals surface area contributed by atoms with Gasteiger partial charge < -0.3 is 5.32 Å². The first-order chi connectivity index (χ1) is 11.6. The molecule has 1 heterocycles. The molecule has 0 aliphatic rings. The van der Waals surface area contributed by atoms with Crippen molar-refractivity contribution in [2.75, 3.05) is 6.54 Å². The predicted octanol–water partition coefficient (Wildman–Crippen LogP) is 3.82. The maximum absolute atomic E-state index is 4.65. The van der Waals surface area contributed by atoms with Gasteiger partial charge >= 0.3 is 0 Å². The number of unbranched alkanes of at least 4 members (excludes halogenated alkanes) is 1. The molecule has 6 nitrogen and oxygen atoms in total. The number of H-pyrrole nitrogens is 1. The van der Waals surface area contributed by atoms with Crippen LogP contribution in [0.5, 0.6) is 0 Å². The molecule has 6 heteroatoms. The first-order valence-corrected chi connectivity index (χ1v) is 8.27. The fourth-order valence-corrected chi connectivity index (χ4v) is 2.00. The minimum atomic E-state index is 0.272. The van der Waals surface area contributed by atoms with Crippen molar-refractivity contribution in [2.24, 2.45) is 15.0 Å². The van der Waals surface area contributed by atoms with Gasteiger partial charge in [0.15, 0.2) is 5.82 Å². The maximum Gasteiger partial charge on any atom is 0.158 e. The average molecular weight is 328 g/mol. The molecular formula is C18H28N6. The monoisotopic (exact) mass is 328 g/mol. The number of hydrogen-bond acceptors (Lipinski definition) is 4. The molecule has 24 heavy (non-hydrogen) atoms. The number of amidine groups is 1. The summed E-state index contributed by atoms with van der Waals surface area (Å²) in [6, 6.07) is 0.272. The fraction of sp³-hybridized carbons (Fsp3) is 0.444. The summed E-state index contributed by atoms with van der Waals surface area (Å²) >= 11 is 0. The van der Waals surface area contributed by atoms with Crippen molar-refractivity contribution in [3.63, 3.8) is 0 Å². The Morgan fingerprint density at radius 2 is 2.25 bits per heavy atom. The summed E-state index contributed by atoms with van der Waals surface area (Å²) in [5.74, 6) is 1.42. The van der Waals surface area contributed by atoms with Crippen molar-refractivity contribution in [3.8, 4) is 0 Å². The average Bonchev–Trinajstić information content (AvgIpc) is 3.03. The highest BCUT2D eigenvalue weighted by Crippen LogP contribution is 2.14. The molecule has 0 spiro atoms. The Labute approximate surface area is 144 Å². The van der Waals surface area contributed by atoms with Gasteiger partial charge in [0.2, 0.25) is 0 Å². The van der Waals surface area contributed by atoms with Crippen molar-refractivity contribution in [2.45, 2.75) is 46.1 Å². The number of nitrogens with one attached hydrogen (secondary N) is 2. The van der Waals surface area contributed by atoms with Crippen LogP contribution < -0.4 is 5.32 Å². The number of nitrogens with zero attached hydrogens (tertiary/aromatic N) is 4. The molecule has 2 N–H and O–H groups in total. The Morgan fingerprint density at radius 1 is 1.46 bits per heavy atom. The molecule has 1 rings (SSSR count). The van der Waals surface area contributed by atoms with Crippen LogP contribution in [0.1, 0.15) is 45.6 Å². The molecule has 0 fully saturated rings. The summed E-state index contributed by atoms with van der Waals surface area (Å²) in [6.07, 6.45) is 10.1. The Morgan fingerprint density at radius 3 is 2.88 bits per heavy atom. The third-order valence-corrected chi connectivity index (χ3v) is 3.15. The zero-order valence-electron chi connectivity index (χ0n) is 14.9. The highest BCUT2D eigenvalue weighted by molar-refractivity contribution is 6.02. The van der Waals surface area contributed by atoms with Crippen LogP contribution in [0.4, 0.5) is 5.82 Å². The predicted molar refractivity (Wildman–Crippen MR) is 104 cm³/mol. The van der Waals surface area contributed by atoms with Gasteiger partial charge in [-0.25, -0.2) is 4.99 Å². The largest absolute Gasteiger partial charge is 0.368 e. The van der Waals surface area contributed by atoms with Crippen molar-refractivity contribution < 1.29 is 0 Å². The minimum Gasteiger partial charge on any atom is -0.368 e. The molecule has 0 aliphatic carbocycles. The van der Waals surface area contributed by atoms with Crippen molar-refractivity contribution in [1.82, 2.24) is 15.5 Å². The number of aromatic amines is 1. The fourth-order valence-electron chi connectivity index (χ4n) is 2.00. The summed E-state index contributed by atoms with van der Waals surface area (Å²) in [5.41, 5.74) is 1.88. The lowest BCUT2D eigenvalue weighted by Gasteiger charge is -2.12. The van der Waals surface area contributed by atoms with Crippen LogP contribution in [-0.2, 0) is 0 Å². The van der Waals surface area contributed by atoms with E-state index in [0.717, 1.165) is 36.4 Å². The molecule has 0 radical (unpaired) electrons. The van der Waals surface area contributed by atoms with Crippen LogP contribution in [0.15, 0.2) is 45.6 Å². The Bertz CT molecular complexity index is 607. The van der Waals surface area contributed by atoms with Gasteiger partial charge in [0, 0.05) is 24.5 Å². The van der Waals surface area contributed by atoms with Crippen LogP contribution >= 0.6 is 0 Å². The van der Waals surface area contributed by atoms with Gasteiger partial charge in [0.1, 0.15) is 5.84 Å². The topological polar surface area (TPSA) is 77.8 Å². The molecule has 0 atom stereocenters. The van der Waals surface area contributed by atoms with Crippen LogP contribution in [0.25, 0.3) is 0 Å². The summed E-state index contributed by atoms with van der Waals surface area (Å²) in [4.78, 5) is 13.0. The summed E-state index contributed by atoms with van der Waals surface area (Å²) in [6.45, 7) is 14.2. The van der Waals surface area contributed by atoms with E-state index in [1.807, 2.05) is 12.3 Å². The second-order valence-corrected chi connectivity index (χ2v) is 5.52. The normalized spacial score (nSPS) is 12.8. The zero-order valence-corrected chi connectivity index (χ0v) is 14.9. The molecule has 0 amide bonds. The van der Waals surface area contributed by atoms with E-state index in [1.54, 1.807) is 12.3 Å². The Hall–Kier alpha value is -2.50. The number of aromatic nitrogens is 2. The smallest absolute Gasteiger partial charge is 0.158 e. The number of aliphatic imine (C=N–C) groups is 3. The van der Waals surface area contributed by atoms with Gasteiger partial charge in [-0.1, -0.05) is 19.6 Å². The summed E-state index contributed by atoms with van der Waals surface area (Å²) in [7, 11) is 0. The third-order valence-electron chi connectivity index (χ3n) is 3.15. The van der Waals surface area contributed by atoms with Gasteiger partial charge in [0.05, 0.1) is 11.8 Å². The molecule has 1 aromatic heterocycles. The van der Waals surface area contributed by atoms with E-state index >= 15 is 0 Å². The number of hydrogen-bond donors (Lipinski definition) is 2. The molecule has 0 unspecified atom stereocenters. The highest BCUT2D eigenvalue weighted by atomic mass is 15.2. The Kier molecular flexibility index (Phi) is 9.04. The van der Waals surface area contributed by atoms with Gasteiger partial charge in [-0.3, -0.25) is 15.1 Å². The van der Waals surface area contributed by atoms with E-state index in [0.29, 0.717) is 12.4 Å². The standard InChI is InChI=1S/C18H28N6/c1-6-10-15(7-2)20-11-8-9-12-21-18(23-14(3)4)16-13-22-24-17(16)19-5/h6,10-11,13-14H,1,5,7-9,12H2,2-4H3,(H,21,23)(H,22,24)/b15-10-,20-11?. The van der Waals surface area contributed by atoms with E-state index in [9.17, 15) is 0 Å². The van der Waals surface area contributed by atoms with Crippen molar-refractivity contribution in [3.05, 3.63) is 36.2 Å². The zero-order chi connectivity index (χ0) is 17.8. The van der Waals surface area contributed by atoms with Gasteiger partial charge in [-0.15, -0.1) is 0 Å². The first kappa shape index (κ1) is 19.5. The highest BCUT2D eigenvalue weighted by Gasteiger charge is 2.11. The number of allylic oxidation sites excluding steroid dienone is 3. The van der Waals surface area contributed by atoms with Gasteiger partial charge in [-0.05, 0) is 45.9 Å². The van der Waals surface area contributed by atoms with Gasteiger partial charge in [0.25, 0.3) is 0 Å². The summed E-state index contributed by atoms with van der Waals surface area (Å²) < 4.78 is 0. The van der Waals surface area contributed by atoms with Crippen LogP contribution in [0.3, 0.4) is 0 Å². The molecule has 0 aromatic carbocycles. The van der Waals surface area contributed by atoms with E-state index in [2.05, 4.69) is 64.6 Å². The third kappa shape index (κ3) is 6.73. The van der Waals surface area contributed by atoms with Crippen molar-refractivity contribution in [1.29, 1.82) is 0 Å². The number of rotatable bonds is 10. The first-order valence-electron chi connectivity index (χ1n) is 8.27. The SMILES string of the molecule is C=C/C=C(/CC)N=CCCCN=C(NC(C)C)c1cn[nH]c1N=C. The minimum absolute atomic E-state index is 0.272. The second-order valence-electron chi connectivity index (χ2n) is 5.52. The quantitative estimate of drug-likeness (QED) is 0.296. The molecule has 0 bridgehead atoms. The van der Waals surface area contributed by atoms with E-state index < -0.39 is 0 Å². The molecule has 0 saturated carbocycles.